The number of ether oxygens (including phenoxy) is 3. The van der Waals surface area contributed by atoms with Gasteiger partial charge in [-0.3, -0.25) is 0 Å². The summed E-state index contributed by atoms with van der Waals surface area (Å²) in [5.41, 5.74) is 6.01. The normalized spacial score (nSPS) is 15.1. The van der Waals surface area contributed by atoms with E-state index in [2.05, 4.69) is 0 Å². The first-order chi connectivity index (χ1) is 8.11. The van der Waals surface area contributed by atoms with Crippen LogP contribution in [0.5, 0.6) is 11.5 Å². The van der Waals surface area contributed by atoms with Crippen molar-refractivity contribution in [1.82, 2.24) is 0 Å². The Labute approximate surface area is 97.9 Å². The van der Waals surface area contributed by atoms with Crippen molar-refractivity contribution in [2.75, 3.05) is 26.1 Å². The van der Waals surface area contributed by atoms with Gasteiger partial charge in [-0.25, -0.2) is 4.79 Å². The van der Waals surface area contributed by atoms with E-state index in [4.69, 9.17) is 25.1 Å². The molecule has 0 unspecified atom stereocenters. The largest absolute Gasteiger partial charge is 0.491 e. The maximum Gasteiger partial charge on any atom is 0.335 e. The topological polar surface area (TPSA) is 91.0 Å². The van der Waals surface area contributed by atoms with E-state index >= 15 is 0 Å². The van der Waals surface area contributed by atoms with Crippen LogP contribution in [-0.2, 0) is 4.74 Å². The zero-order valence-corrected chi connectivity index (χ0v) is 9.30. The first-order valence-corrected chi connectivity index (χ1v) is 5.07. The van der Waals surface area contributed by atoms with Gasteiger partial charge in [-0.05, 0) is 12.1 Å². The first kappa shape index (κ1) is 11.5. The molecule has 92 valence electrons. The Morgan fingerprint density at radius 3 is 2.71 bits per heavy atom. The van der Waals surface area contributed by atoms with Crippen LogP contribution in [0.2, 0.25) is 0 Å². The summed E-state index contributed by atoms with van der Waals surface area (Å²) in [5.74, 6) is -0.380. The minimum Gasteiger partial charge on any atom is -0.491 e. The summed E-state index contributed by atoms with van der Waals surface area (Å²) in [7, 11) is 1.45. The third-order valence-corrected chi connectivity index (χ3v) is 2.44. The molecular formula is C11H13NO5. The van der Waals surface area contributed by atoms with Gasteiger partial charge < -0.3 is 25.1 Å². The monoisotopic (exact) mass is 239 g/mol. The summed E-state index contributed by atoms with van der Waals surface area (Å²) in [5, 5.41) is 8.93. The second-order valence-electron chi connectivity index (χ2n) is 3.68. The van der Waals surface area contributed by atoms with E-state index in [1.54, 1.807) is 0 Å². The maximum atomic E-state index is 10.9. The smallest absolute Gasteiger partial charge is 0.335 e. The SMILES string of the molecule is COc1c(N)cc(C(=O)O)cc1OC1COC1. The molecule has 1 heterocycles. The Hall–Kier alpha value is -1.95. The number of rotatable bonds is 4. The molecule has 1 saturated heterocycles. The van der Waals surface area contributed by atoms with Crippen molar-refractivity contribution in [3.63, 3.8) is 0 Å². The molecule has 1 aromatic rings. The average molecular weight is 239 g/mol. The standard InChI is InChI=1S/C11H13NO5/c1-15-10-8(12)2-6(11(13)14)3-9(10)17-7-4-16-5-7/h2-3,7H,4-5,12H2,1H3,(H,13,14). The van der Waals surface area contributed by atoms with E-state index in [9.17, 15) is 4.79 Å². The quantitative estimate of drug-likeness (QED) is 0.753. The molecule has 0 aromatic heterocycles. The molecule has 0 atom stereocenters. The van der Waals surface area contributed by atoms with Gasteiger partial charge in [0.1, 0.15) is 6.10 Å². The molecule has 1 aromatic carbocycles. The lowest BCUT2D eigenvalue weighted by Crippen LogP contribution is -2.38. The predicted octanol–water partition coefficient (Wildman–Crippen LogP) is 0.753. The van der Waals surface area contributed by atoms with Gasteiger partial charge in [0.15, 0.2) is 11.5 Å². The molecule has 3 N–H and O–H groups in total. The summed E-state index contributed by atoms with van der Waals surface area (Å²) < 4.78 is 15.6. The van der Waals surface area contributed by atoms with E-state index in [-0.39, 0.29) is 17.4 Å². The number of nitrogens with two attached hydrogens (primary N) is 1. The van der Waals surface area contributed by atoms with Crippen LogP contribution in [-0.4, -0.2) is 37.5 Å². The van der Waals surface area contributed by atoms with E-state index in [1.807, 2.05) is 0 Å². The van der Waals surface area contributed by atoms with Gasteiger partial charge in [-0.2, -0.15) is 0 Å². The van der Waals surface area contributed by atoms with Gasteiger partial charge >= 0.3 is 5.97 Å². The van der Waals surface area contributed by atoms with Gasteiger partial charge in [0.2, 0.25) is 0 Å². The van der Waals surface area contributed by atoms with Crippen molar-refractivity contribution < 1.29 is 24.1 Å². The molecule has 1 aliphatic heterocycles. The molecule has 2 rings (SSSR count). The van der Waals surface area contributed by atoms with Crippen molar-refractivity contribution in [2.24, 2.45) is 0 Å². The lowest BCUT2D eigenvalue weighted by molar-refractivity contribution is -0.0803. The number of hydrogen-bond donors (Lipinski definition) is 2. The Balaban J connectivity index is 2.34. The lowest BCUT2D eigenvalue weighted by atomic mass is 10.1. The maximum absolute atomic E-state index is 10.9. The molecule has 17 heavy (non-hydrogen) atoms. The molecule has 6 nitrogen and oxygen atoms in total. The molecule has 6 heteroatoms. The summed E-state index contributed by atoms with van der Waals surface area (Å²) in [6.07, 6.45) is -0.0765. The highest BCUT2D eigenvalue weighted by molar-refractivity contribution is 5.90. The van der Waals surface area contributed by atoms with E-state index < -0.39 is 5.97 Å². The van der Waals surface area contributed by atoms with Crippen molar-refractivity contribution in [3.8, 4) is 11.5 Å². The van der Waals surface area contributed by atoms with Crippen LogP contribution in [0.4, 0.5) is 5.69 Å². The number of methoxy groups -OCH3 is 1. The van der Waals surface area contributed by atoms with Crippen LogP contribution >= 0.6 is 0 Å². The summed E-state index contributed by atoms with van der Waals surface area (Å²) in [6, 6.07) is 2.74. The van der Waals surface area contributed by atoms with Crippen LogP contribution < -0.4 is 15.2 Å². The fourth-order valence-electron chi connectivity index (χ4n) is 1.51. The highest BCUT2D eigenvalue weighted by atomic mass is 16.6. The number of carboxylic acid groups (broad SMARTS) is 1. The third kappa shape index (κ3) is 2.26. The Morgan fingerprint density at radius 2 is 2.24 bits per heavy atom. The van der Waals surface area contributed by atoms with Gasteiger partial charge in [-0.1, -0.05) is 0 Å². The molecule has 0 bridgehead atoms. The Morgan fingerprint density at radius 1 is 1.53 bits per heavy atom. The minimum atomic E-state index is -1.06. The van der Waals surface area contributed by atoms with Crippen LogP contribution in [0.25, 0.3) is 0 Å². The van der Waals surface area contributed by atoms with Gasteiger partial charge in [0.05, 0.1) is 31.6 Å². The van der Waals surface area contributed by atoms with Crippen molar-refractivity contribution in [1.29, 1.82) is 0 Å². The number of anilines is 1. The summed E-state index contributed by atoms with van der Waals surface area (Å²) in [4.78, 5) is 10.9. The molecular weight excluding hydrogens is 226 g/mol. The van der Waals surface area contributed by atoms with Crippen LogP contribution in [0.1, 0.15) is 10.4 Å². The second-order valence-corrected chi connectivity index (χ2v) is 3.68. The van der Waals surface area contributed by atoms with Gasteiger partial charge in [-0.15, -0.1) is 0 Å². The molecule has 1 fully saturated rings. The first-order valence-electron chi connectivity index (χ1n) is 5.07. The zero-order chi connectivity index (χ0) is 12.4. The highest BCUT2D eigenvalue weighted by Gasteiger charge is 2.23. The number of aromatic carboxylic acids is 1. The minimum absolute atomic E-state index is 0.0681. The van der Waals surface area contributed by atoms with Crippen molar-refractivity contribution >= 4 is 11.7 Å². The number of hydrogen-bond acceptors (Lipinski definition) is 5. The fourth-order valence-corrected chi connectivity index (χ4v) is 1.51. The van der Waals surface area contributed by atoms with E-state index in [0.717, 1.165) is 0 Å². The molecule has 1 aliphatic rings. The Kier molecular flexibility index (Phi) is 3.06. The van der Waals surface area contributed by atoms with Crippen molar-refractivity contribution in [3.05, 3.63) is 17.7 Å². The molecule has 0 amide bonds. The Bertz CT molecular complexity index is 442. The lowest BCUT2D eigenvalue weighted by Gasteiger charge is -2.27. The third-order valence-electron chi connectivity index (χ3n) is 2.44. The second kappa shape index (κ2) is 4.50. The predicted molar refractivity (Wildman–Crippen MR) is 59.6 cm³/mol. The molecule has 0 aliphatic carbocycles. The summed E-state index contributed by atoms with van der Waals surface area (Å²) in [6.45, 7) is 0.973. The summed E-state index contributed by atoms with van der Waals surface area (Å²) >= 11 is 0. The zero-order valence-electron chi connectivity index (χ0n) is 9.30. The van der Waals surface area contributed by atoms with Crippen LogP contribution in [0.15, 0.2) is 12.1 Å². The highest BCUT2D eigenvalue weighted by Crippen LogP contribution is 2.36. The molecule has 0 saturated carbocycles. The van der Waals surface area contributed by atoms with Crippen molar-refractivity contribution in [2.45, 2.75) is 6.10 Å². The molecule has 0 spiro atoms. The number of benzene rings is 1. The average Bonchev–Trinajstić information content (AvgIpc) is 2.22. The van der Waals surface area contributed by atoms with Gasteiger partial charge in [0.25, 0.3) is 0 Å². The van der Waals surface area contributed by atoms with Crippen LogP contribution in [0, 0.1) is 0 Å². The number of carbonyl (C=O) groups is 1. The van der Waals surface area contributed by atoms with Gasteiger partial charge in [0, 0.05) is 0 Å². The van der Waals surface area contributed by atoms with E-state index in [0.29, 0.717) is 24.7 Å². The number of carboxylic acids is 1. The molecule has 0 radical (unpaired) electrons. The fraction of sp³-hybridized carbons (Fsp3) is 0.364. The van der Waals surface area contributed by atoms with E-state index in [1.165, 1.54) is 19.2 Å². The van der Waals surface area contributed by atoms with Crippen LogP contribution in [0.3, 0.4) is 0 Å². The number of nitrogen functional groups attached to an aromatic ring is 1.